The standard InChI is InChI=1S/C20H15ClFN9O/c1-9(27-17-12(6-23)16(24)29-20(25)30-17)18-28-14-4-2-3-13(21)15(14)19(32)31(18)11-5-10(22)7-26-8-11/h2-5,7-9H,1H3,(H5,24,25,27,29,30). The van der Waals surface area contributed by atoms with Crippen molar-refractivity contribution < 1.29 is 4.39 Å². The maximum absolute atomic E-state index is 13.9. The maximum atomic E-state index is 13.9. The van der Waals surface area contributed by atoms with E-state index in [1.807, 2.05) is 6.07 Å². The van der Waals surface area contributed by atoms with Crippen molar-refractivity contribution in [3.05, 3.63) is 69.2 Å². The quantitative estimate of drug-likeness (QED) is 0.423. The smallest absolute Gasteiger partial charge is 0.267 e. The van der Waals surface area contributed by atoms with Crippen LogP contribution >= 0.6 is 11.6 Å². The van der Waals surface area contributed by atoms with Crippen molar-refractivity contribution in [1.82, 2.24) is 24.5 Å². The molecule has 1 unspecified atom stereocenters. The number of nitrogens with zero attached hydrogens (tertiary/aromatic N) is 6. The highest BCUT2D eigenvalue weighted by molar-refractivity contribution is 6.35. The van der Waals surface area contributed by atoms with Gasteiger partial charge in [-0.3, -0.25) is 14.3 Å². The number of nitriles is 1. The van der Waals surface area contributed by atoms with Gasteiger partial charge < -0.3 is 16.8 Å². The number of hydrogen-bond donors (Lipinski definition) is 3. The van der Waals surface area contributed by atoms with Gasteiger partial charge in [-0.2, -0.15) is 15.2 Å². The number of nitrogens with two attached hydrogens (primary N) is 2. The van der Waals surface area contributed by atoms with E-state index in [4.69, 9.17) is 23.1 Å². The van der Waals surface area contributed by atoms with E-state index in [0.29, 0.717) is 5.52 Å². The molecule has 0 radical (unpaired) electrons. The zero-order chi connectivity index (χ0) is 23.0. The normalized spacial score (nSPS) is 11.8. The zero-order valence-electron chi connectivity index (χ0n) is 16.5. The van der Waals surface area contributed by atoms with Gasteiger partial charge in [0.25, 0.3) is 5.56 Å². The SMILES string of the molecule is CC(Nc1nc(N)nc(N)c1C#N)c1nc2cccc(Cl)c2c(=O)n1-c1cncc(F)c1. The Morgan fingerprint density at radius 2 is 2.03 bits per heavy atom. The van der Waals surface area contributed by atoms with Crippen LogP contribution in [0.25, 0.3) is 16.6 Å². The van der Waals surface area contributed by atoms with E-state index in [0.717, 1.165) is 12.3 Å². The zero-order valence-corrected chi connectivity index (χ0v) is 17.3. The van der Waals surface area contributed by atoms with Gasteiger partial charge in [-0.05, 0) is 19.1 Å². The van der Waals surface area contributed by atoms with E-state index in [9.17, 15) is 14.4 Å². The van der Waals surface area contributed by atoms with Crippen LogP contribution in [-0.4, -0.2) is 24.5 Å². The summed E-state index contributed by atoms with van der Waals surface area (Å²) in [6.45, 7) is 1.68. The van der Waals surface area contributed by atoms with Gasteiger partial charge in [-0.15, -0.1) is 0 Å². The van der Waals surface area contributed by atoms with E-state index in [2.05, 4.69) is 25.3 Å². The molecule has 0 saturated heterocycles. The molecule has 0 aliphatic rings. The number of fused-ring (bicyclic) bond motifs is 1. The van der Waals surface area contributed by atoms with Gasteiger partial charge in [0, 0.05) is 6.07 Å². The molecule has 3 aromatic heterocycles. The highest BCUT2D eigenvalue weighted by Crippen LogP contribution is 2.26. The number of hydrogen-bond acceptors (Lipinski definition) is 9. The first-order chi connectivity index (χ1) is 15.3. The van der Waals surface area contributed by atoms with Crippen molar-refractivity contribution in [1.29, 1.82) is 5.26 Å². The van der Waals surface area contributed by atoms with Crippen molar-refractivity contribution >= 4 is 40.1 Å². The predicted molar refractivity (Wildman–Crippen MR) is 118 cm³/mol. The number of nitrogens with one attached hydrogen (secondary N) is 1. The van der Waals surface area contributed by atoms with Gasteiger partial charge >= 0.3 is 0 Å². The molecule has 0 aliphatic heterocycles. The van der Waals surface area contributed by atoms with Crippen LogP contribution in [0.15, 0.2) is 41.5 Å². The molecule has 1 atom stereocenters. The monoisotopic (exact) mass is 451 g/mol. The largest absolute Gasteiger partial charge is 0.382 e. The Morgan fingerprint density at radius 3 is 2.75 bits per heavy atom. The van der Waals surface area contributed by atoms with Crippen molar-refractivity contribution in [3.8, 4) is 11.8 Å². The van der Waals surface area contributed by atoms with E-state index in [1.54, 1.807) is 25.1 Å². The van der Waals surface area contributed by atoms with Crippen molar-refractivity contribution in [2.45, 2.75) is 13.0 Å². The third kappa shape index (κ3) is 3.63. The van der Waals surface area contributed by atoms with Crippen LogP contribution in [-0.2, 0) is 0 Å². The van der Waals surface area contributed by atoms with E-state index in [-0.39, 0.29) is 45.1 Å². The lowest BCUT2D eigenvalue weighted by molar-refractivity contribution is 0.617. The summed E-state index contributed by atoms with van der Waals surface area (Å²) in [4.78, 5) is 29.6. The number of pyridine rings is 1. The van der Waals surface area contributed by atoms with Crippen LogP contribution in [0.5, 0.6) is 0 Å². The molecule has 32 heavy (non-hydrogen) atoms. The molecule has 0 aliphatic carbocycles. The van der Waals surface area contributed by atoms with Crippen LogP contribution in [0.4, 0.5) is 22.0 Å². The van der Waals surface area contributed by atoms with Gasteiger partial charge in [0.1, 0.15) is 29.1 Å². The maximum Gasteiger partial charge on any atom is 0.267 e. The highest BCUT2D eigenvalue weighted by atomic mass is 35.5. The fraction of sp³-hybridized carbons (Fsp3) is 0.100. The van der Waals surface area contributed by atoms with E-state index in [1.165, 1.54) is 10.8 Å². The third-order valence-corrected chi connectivity index (χ3v) is 4.94. The molecular weight excluding hydrogens is 437 g/mol. The van der Waals surface area contributed by atoms with E-state index >= 15 is 0 Å². The lowest BCUT2D eigenvalue weighted by atomic mass is 10.2. The summed E-state index contributed by atoms with van der Waals surface area (Å²) in [6.07, 6.45) is 2.34. The van der Waals surface area contributed by atoms with Crippen LogP contribution in [0.1, 0.15) is 24.4 Å². The minimum absolute atomic E-state index is 0.0174. The number of rotatable bonds is 4. The molecule has 4 rings (SSSR count). The lowest BCUT2D eigenvalue weighted by Crippen LogP contribution is -2.28. The van der Waals surface area contributed by atoms with Gasteiger partial charge in [0.2, 0.25) is 5.95 Å². The van der Waals surface area contributed by atoms with Crippen LogP contribution in [0, 0.1) is 17.1 Å². The molecule has 0 amide bonds. The molecule has 0 spiro atoms. The van der Waals surface area contributed by atoms with Crippen molar-refractivity contribution in [2.75, 3.05) is 16.8 Å². The van der Waals surface area contributed by atoms with Crippen molar-refractivity contribution in [2.24, 2.45) is 0 Å². The Morgan fingerprint density at radius 1 is 1.25 bits per heavy atom. The van der Waals surface area contributed by atoms with Crippen molar-refractivity contribution in [3.63, 3.8) is 0 Å². The lowest BCUT2D eigenvalue weighted by Gasteiger charge is -2.20. The summed E-state index contributed by atoms with van der Waals surface area (Å²) < 4.78 is 15.1. The van der Waals surface area contributed by atoms with Crippen LogP contribution in [0.3, 0.4) is 0 Å². The van der Waals surface area contributed by atoms with Gasteiger partial charge in [0.15, 0.2) is 5.82 Å². The molecule has 10 nitrogen and oxygen atoms in total. The highest BCUT2D eigenvalue weighted by Gasteiger charge is 2.22. The topological polar surface area (TPSA) is 161 Å². The van der Waals surface area contributed by atoms with Crippen LogP contribution < -0.4 is 22.3 Å². The predicted octanol–water partition coefficient (Wildman–Crippen LogP) is 2.57. The summed E-state index contributed by atoms with van der Waals surface area (Å²) in [5, 5.41) is 12.8. The second-order valence-corrected chi connectivity index (χ2v) is 7.18. The molecule has 4 aromatic rings. The first-order valence-corrected chi connectivity index (χ1v) is 9.59. The Bertz CT molecular complexity index is 1460. The fourth-order valence-corrected chi connectivity index (χ4v) is 3.50. The first kappa shape index (κ1) is 21.0. The number of benzene rings is 1. The molecule has 0 fully saturated rings. The summed E-state index contributed by atoms with van der Waals surface area (Å²) >= 11 is 6.25. The summed E-state index contributed by atoms with van der Waals surface area (Å²) in [5.74, 6) is -0.615. The van der Waals surface area contributed by atoms with Gasteiger partial charge in [-0.1, -0.05) is 17.7 Å². The van der Waals surface area contributed by atoms with Gasteiger partial charge in [0.05, 0.1) is 40.0 Å². The summed E-state index contributed by atoms with van der Waals surface area (Å²) in [5.41, 5.74) is 11.4. The number of anilines is 3. The second-order valence-electron chi connectivity index (χ2n) is 6.77. The average molecular weight is 452 g/mol. The first-order valence-electron chi connectivity index (χ1n) is 9.22. The average Bonchev–Trinajstić information content (AvgIpc) is 2.73. The molecule has 3 heterocycles. The van der Waals surface area contributed by atoms with Crippen LogP contribution in [0.2, 0.25) is 5.02 Å². The Hall–Kier alpha value is -4.30. The molecule has 12 heteroatoms. The number of nitrogen functional groups attached to an aromatic ring is 2. The van der Waals surface area contributed by atoms with Gasteiger partial charge in [-0.25, -0.2) is 9.37 Å². The minimum atomic E-state index is -0.713. The summed E-state index contributed by atoms with van der Waals surface area (Å²) in [7, 11) is 0. The molecule has 0 bridgehead atoms. The molecule has 5 N–H and O–H groups in total. The third-order valence-electron chi connectivity index (χ3n) is 4.63. The fourth-order valence-electron chi connectivity index (χ4n) is 3.25. The molecule has 1 aromatic carbocycles. The second kappa shape index (κ2) is 8.09. The Labute approximate surface area is 185 Å². The molecule has 160 valence electrons. The molecular formula is C20H15ClFN9O. The Kier molecular flexibility index (Phi) is 5.29. The molecule has 0 saturated carbocycles. The number of halogens is 2. The minimum Gasteiger partial charge on any atom is -0.382 e. The Balaban J connectivity index is 1.95. The summed E-state index contributed by atoms with van der Waals surface area (Å²) in [6, 6.07) is 7.21. The number of aromatic nitrogens is 5. The van der Waals surface area contributed by atoms with E-state index < -0.39 is 17.4 Å².